The Kier molecular flexibility index (Phi) is 5.47. The molecule has 6 heteroatoms. The fourth-order valence-electron chi connectivity index (χ4n) is 2.83. The van der Waals surface area contributed by atoms with Gasteiger partial charge in [0.1, 0.15) is 0 Å². The van der Waals surface area contributed by atoms with Gasteiger partial charge in [0.05, 0.1) is 19.6 Å². The number of carbonyl (C=O) groups excluding carboxylic acids is 1. The van der Waals surface area contributed by atoms with E-state index >= 15 is 0 Å². The minimum Gasteiger partial charge on any atom is -0.493 e. The molecule has 23 heavy (non-hydrogen) atoms. The van der Waals surface area contributed by atoms with Crippen molar-refractivity contribution in [3.8, 4) is 11.5 Å². The number of amides is 1. The van der Waals surface area contributed by atoms with Crippen molar-refractivity contribution in [1.82, 2.24) is 4.90 Å². The quantitative estimate of drug-likeness (QED) is 0.871. The number of methoxy groups -OCH3 is 1. The van der Waals surface area contributed by atoms with Crippen LogP contribution in [-0.2, 0) is 4.79 Å². The number of nitrogens with zero attached hydrogens (tertiary/aromatic N) is 1. The minimum absolute atomic E-state index is 0.00369. The molecule has 0 aromatic heterocycles. The third kappa shape index (κ3) is 4.15. The molecule has 1 fully saturated rings. The largest absolute Gasteiger partial charge is 0.493 e. The van der Waals surface area contributed by atoms with Crippen LogP contribution in [0.3, 0.4) is 0 Å². The highest BCUT2D eigenvalue weighted by Gasteiger charge is 2.31. The number of aliphatic carboxylic acids is 1. The number of hydrogen-bond donors (Lipinski definition) is 1. The van der Waals surface area contributed by atoms with Crippen LogP contribution in [-0.4, -0.2) is 47.7 Å². The van der Waals surface area contributed by atoms with Crippen LogP contribution in [0.2, 0.25) is 0 Å². The molecule has 0 saturated carbocycles. The number of ether oxygens (including phenoxy) is 2. The molecule has 1 aliphatic heterocycles. The lowest BCUT2D eigenvalue weighted by molar-refractivity contribution is -0.137. The fraction of sp³-hybridized carbons (Fsp3) is 0.529. The lowest BCUT2D eigenvalue weighted by Gasteiger charge is -2.24. The van der Waals surface area contributed by atoms with Gasteiger partial charge >= 0.3 is 5.97 Å². The molecule has 1 saturated heterocycles. The molecular weight excluding hydrogens is 298 g/mol. The average Bonchev–Trinajstić information content (AvgIpc) is 2.93. The van der Waals surface area contributed by atoms with Crippen molar-refractivity contribution in [2.24, 2.45) is 0 Å². The third-order valence-electron chi connectivity index (χ3n) is 3.82. The molecule has 0 aliphatic carbocycles. The Labute approximate surface area is 136 Å². The van der Waals surface area contributed by atoms with E-state index in [1.165, 1.54) is 7.11 Å². The molecule has 1 amide bonds. The first-order valence-electron chi connectivity index (χ1n) is 7.79. The predicted molar refractivity (Wildman–Crippen MR) is 85.1 cm³/mol. The highest BCUT2D eigenvalue weighted by atomic mass is 16.5. The zero-order valence-electron chi connectivity index (χ0n) is 13.7. The summed E-state index contributed by atoms with van der Waals surface area (Å²) in [5.41, 5.74) is 0.482. The van der Waals surface area contributed by atoms with Gasteiger partial charge in [-0.25, -0.2) is 0 Å². The van der Waals surface area contributed by atoms with Crippen molar-refractivity contribution >= 4 is 11.9 Å². The van der Waals surface area contributed by atoms with E-state index in [-0.39, 0.29) is 24.5 Å². The maximum Gasteiger partial charge on any atom is 0.305 e. The Morgan fingerprint density at radius 3 is 2.70 bits per heavy atom. The van der Waals surface area contributed by atoms with Gasteiger partial charge in [0, 0.05) is 18.2 Å². The maximum atomic E-state index is 12.7. The molecule has 6 nitrogen and oxygen atoms in total. The Morgan fingerprint density at radius 2 is 2.09 bits per heavy atom. The predicted octanol–water partition coefficient (Wildman–Crippen LogP) is 2.56. The lowest BCUT2D eigenvalue weighted by atomic mass is 10.1. The second-order valence-electron chi connectivity index (χ2n) is 5.92. The van der Waals surface area contributed by atoms with Crippen molar-refractivity contribution in [2.75, 3.05) is 13.7 Å². The van der Waals surface area contributed by atoms with Crippen molar-refractivity contribution in [3.63, 3.8) is 0 Å². The van der Waals surface area contributed by atoms with Gasteiger partial charge in [-0.1, -0.05) is 0 Å². The monoisotopic (exact) mass is 321 g/mol. The van der Waals surface area contributed by atoms with Gasteiger partial charge in [-0.05, 0) is 44.9 Å². The van der Waals surface area contributed by atoms with Gasteiger partial charge in [-0.15, -0.1) is 0 Å². The highest BCUT2D eigenvalue weighted by Crippen LogP contribution is 2.31. The smallest absolute Gasteiger partial charge is 0.305 e. The standard InChI is InChI=1S/C17H23NO5/c1-11(2)23-14-7-6-12(9-15(14)22-3)17(21)18-8-4-5-13(18)10-16(19)20/h6-7,9,11,13H,4-5,8,10H2,1-3H3,(H,19,20). The van der Waals surface area contributed by atoms with Gasteiger partial charge in [0.15, 0.2) is 11.5 Å². The van der Waals surface area contributed by atoms with Crippen LogP contribution >= 0.6 is 0 Å². The number of hydrogen-bond acceptors (Lipinski definition) is 4. The molecule has 0 spiro atoms. The first-order valence-corrected chi connectivity index (χ1v) is 7.79. The van der Waals surface area contributed by atoms with Crippen LogP contribution in [0.5, 0.6) is 11.5 Å². The summed E-state index contributed by atoms with van der Waals surface area (Å²) in [7, 11) is 1.53. The Morgan fingerprint density at radius 1 is 1.35 bits per heavy atom. The van der Waals surface area contributed by atoms with Crippen LogP contribution in [0.15, 0.2) is 18.2 Å². The number of rotatable bonds is 6. The first-order chi connectivity index (χ1) is 10.9. The van der Waals surface area contributed by atoms with Crippen LogP contribution in [0.1, 0.15) is 43.5 Å². The zero-order valence-corrected chi connectivity index (χ0v) is 13.7. The normalized spacial score (nSPS) is 17.4. The Balaban J connectivity index is 2.20. The van der Waals surface area contributed by atoms with Gasteiger partial charge in [-0.3, -0.25) is 9.59 Å². The molecule has 1 unspecified atom stereocenters. The fourth-order valence-corrected chi connectivity index (χ4v) is 2.83. The molecule has 1 aromatic carbocycles. The summed E-state index contributed by atoms with van der Waals surface area (Å²) < 4.78 is 10.9. The summed E-state index contributed by atoms with van der Waals surface area (Å²) in [6.45, 7) is 4.42. The second-order valence-corrected chi connectivity index (χ2v) is 5.92. The van der Waals surface area contributed by atoms with E-state index in [1.807, 2.05) is 13.8 Å². The van der Waals surface area contributed by atoms with Crippen molar-refractivity contribution in [3.05, 3.63) is 23.8 Å². The average molecular weight is 321 g/mol. The Hall–Kier alpha value is -2.24. The maximum absolute atomic E-state index is 12.7. The van der Waals surface area contributed by atoms with Gasteiger partial charge < -0.3 is 19.5 Å². The summed E-state index contributed by atoms with van der Waals surface area (Å²) >= 11 is 0. The Bertz CT molecular complexity index is 584. The van der Waals surface area contributed by atoms with E-state index < -0.39 is 5.97 Å². The molecule has 1 N–H and O–H groups in total. The summed E-state index contributed by atoms with van der Waals surface area (Å²) in [6, 6.07) is 4.82. The lowest BCUT2D eigenvalue weighted by Crippen LogP contribution is -2.36. The SMILES string of the molecule is COc1cc(C(=O)N2CCCC2CC(=O)O)ccc1OC(C)C. The summed E-state index contributed by atoms with van der Waals surface area (Å²) in [5.74, 6) is 0.0391. The van der Waals surface area contributed by atoms with E-state index in [0.717, 1.165) is 12.8 Å². The third-order valence-corrected chi connectivity index (χ3v) is 3.82. The van der Waals surface area contributed by atoms with Gasteiger partial charge in [0.25, 0.3) is 5.91 Å². The van der Waals surface area contributed by atoms with Crippen molar-refractivity contribution in [2.45, 2.75) is 45.3 Å². The highest BCUT2D eigenvalue weighted by molar-refractivity contribution is 5.95. The first kappa shape index (κ1) is 17.1. The zero-order chi connectivity index (χ0) is 17.0. The van der Waals surface area contributed by atoms with Crippen LogP contribution < -0.4 is 9.47 Å². The molecule has 2 rings (SSSR count). The molecule has 1 atom stereocenters. The summed E-state index contributed by atoms with van der Waals surface area (Å²) in [6.07, 6.45) is 1.54. The van der Waals surface area contributed by atoms with Crippen molar-refractivity contribution in [1.29, 1.82) is 0 Å². The van der Waals surface area contributed by atoms with Gasteiger partial charge in [0.2, 0.25) is 0 Å². The van der Waals surface area contributed by atoms with Gasteiger partial charge in [-0.2, -0.15) is 0 Å². The minimum atomic E-state index is -0.882. The second kappa shape index (κ2) is 7.35. The molecule has 1 aromatic rings. The number of likely N-dealkylation sites (tertiary alicyclic amines) is 1. The van der Waals surface area contributed by atoms with E-state index in [9.17, 15) is 9.59 Å². The van der Waals surface area contributed by atoms with Crippen LogP contribution in [0.4, 0.5) is 0 Å². The topological polar surface area (TPSA) is 76.1 Å². The number of carboxylic acid groups (broad SMARTS) is 1. The van der Waals surface area contributed by atoms with E-state index in [2.05, 4.69) is 0 Å². The molecular formula is C17H23NO5. The molecule has 0 bridgehead atoms. The molecule has 1 aliphatic rings. The molecule has 1 heterocycles. The van der Waals surface area contributed by atoms with E-state index in [4.69, 9.17) is 14.6 Å². The summed E-state index contributed by atoms with van der Waals surface area (Å²) in [5, 5.41) is 8.97. The number of carbonyl (C=O) groups is 2. The molecule has 0 radical (unpaired) electrons. The van der Waals surface area contributed by atoms with Crippen LogP contribution in [0, 0.1) is 0 Å². The molecule has 126 valence electrons. The number of benzene rings is 1. The van der Waals surface area contributed by atoms with E-state index in [1.54, 1.807) is 23.1 Å². The number of carboxylic acids is 1. The van der Waals surface area contributed by atoms with E-state index in [0.29, 0.717) is 23.6 Å². The van der Waals surface area contributed by atoms with Crippen LogP contribution in [0.25, 0.3) is 0 Å². The van der Waals surface area contributed by atoms with Crippen molar-refractivity contribution < 1.29 is 24.2 Å². The summed E-state index contributed by atoms with van der Waals surface area (Å²) in [4.78, 5) is 25.3.